The van der Waals surface area contributed by atoms with Gasteiger partial charge in [-0.1, -0.05) is 0 Å². The van der Waals surface area contributed by atoms with Crippen molar-refractivity contribution in [3.05, 3.63) is 34.7 Å². The zero-order chi connectivity index (χ0) is 12.4. The lowest BCUT2D eigenvalue weighted by molar-refractivity contribution is -0.136. The Kier molecular flexibility index (Phi) is 3.14. The number of aromatic nitrogens is 2. The summed E-state index contributed by atoms with van der Waals surface area (Å²) in [6.07, 6.45) is 1.06. The van der Waals surface area contributed by atoms with Gasteiger partial charge in [-0.05, 0) is 19.1 Å². The summed E-state index contributed by atoms with van der Waals surface area (Å²) in [5.41, 5.74) is 1.23. The number of hydrogen-bond donors (Lipinski definition) is 1. The molecule has 1 N–H and O–H groups in total. The van der Waals surface area contributed by atoms with Crippen LogP contribution in [0.4, 0.5) is 4.39 Å². The molecule has 2 aromatic heterocycles. The minimum Gasteiger partial charge on any atom is -0.481 e. The number of thiazole rings is 1. The SMILES string of the molecule is Cc1nc(-c2ccc(F)cn2)sc1CC(=O)O. The van der Waals surface area contributed by atoms with Crippen molar-refractivity contribution in [2.45, 2.75) is 13.3 Å². The molecule has 2 rings (SSSR count). The van der Waals surface area contributed by atoms with E-state index in [2.05, 4.69) is 9.97 Å². The number of carboxylic acids is 1. The van der Waals surface area contributed by atoms with Crippen LogP contribution >= 0.6 is 11.3 Å². The second kappa shape index (κ2) is 4.58. The number of nitrogens with zero attached hydrogens (tertiary/aromatic N) is 2. The zero-order valence-corrected chi connectivity index (χ0v) is 9.79. The fraction of sp³-hybridized carbons (Fsp3) is 0.182. The Balaban J connectivity index is 2.34. The summed E-state index contributed by atoms with van der Waals surface area (Å²) in [5, 5.41) is 9.33. The number of aryl methyl sites for hydroxylation is 1. The highest BCUT2D eigenvalue weighted by Gasteiger charge is 2.12. The maximum absolute atomic E-state index is 12.7. The molecule has 0 aliphatic carbocycles. The molecule has 0 bridgehead atoms. The standard InChI is InChI=1S/C11H9FN2O2S/c1-6-9(4-10(15)16)17-11(14-6)8-3-2-7(12)5-13-8/h2-3,5H,4H2,1H3,(H,15,16). The van der Waals surface area contributed by atoms with Crippen LogP contribution in [0.1, 0.15) is 10.6 Å². The number of hydrogen-bond acceptors (Lipinski definition) is 4. The Hall–Kier alpha value is -1.82. The van der Waals surface area contributed by atoms with Crippen molar-refractivity contribution in [3.63, 3.8) is 0 Å². The predicted molar refractivity (Wildman–Crippen MR) is 61.4 cm³/mol. The first kappa shape index (κ1) is 11.7. The third kappa shape index (κ3) is 2.65. The lowest BCUT2D eigenvalue weighted by atomic mass is 10.3. The molecule has 0 spiro atoms. The van der Waals surface area contributed by atoms with Crippen molar-refractivity contribution < 1.29 is 14.3 Å². The molecule has 0 amide bonds. The van der Waals surface area contributed by atoms with Gasteiger partial charge in [0.1, 0.15) is 10.8 Å². The third-order valence-corrected chi connectivity index (χ3v) is 3.33. The van der Waals surface area contributed by atoms with Gasteiger partial charge in [0.05, 0.1) is 24.0 Å². The van der Waals surface area contributed by atoms with Crippen molar-refractivity contribution in [2.24, 2.45) is 0 Å². The minimum atomic E-state index is -0.893. The van der Waals surface area contributed by atoms with Crippen LogP contribution in [0.5, 0.6) is 0 Å². The number of halogens is 1. The van der Waals surface area contributed by atoms with Gasteiger partial charge < -0.3 is 5.11 Å². The maximum atomic E-state index is 12.7. The van der Waals surface area contributed by atoms with Crippen LogP contribution < -0.4 is 0 Å². The van der Waals surface area contributed by atoms with E-state index < -0.39 is 11.8 Å². The van der Waals surface area contributed by atoms with Gasteiger partial charge >= 0.3 is 5.97 Å². The van der Waals surface area contributed by atoms with Crippen LogP contribution in [0, 0.1) is 12.7 Å². The first-order valence-electron chi connectivity index (χ1n) is 4.86. The first-order valence-corrected chi connectivity index (χ1v) is 5.68. The number of carboxylic acid groups (broad SMARTS) is 1. The summed E-state index contributed by atoms with van der Waals surface area (Å²) in [6, 6.07) is 2.83. The number of carbonyl (C=O) groups is 1. The number of rotatable bonds is 3. The molecule has 0 saturated carbocycles. The van der Waals surface area contributed by atoms with Crippen LogP contribution in [-0.4, -0.2) is 21.0 Å². The predicted octanol–water partition coefficient (Wildman–Crippen LogP) is 2.28. The quantitative estimate of drug-likeness (QED) is 0.910. The molecule has 0 aromatic carbocycles. The van der Waals surface area contributed by atoms with E-state index >= 15 is 0 Å². The second-order valence-electron chi connectivity index (χ2n) is 3.46. The summed E-state index contributed by atoms with van der Waals surface area (Å²) in [4.78, 5) is 19.5. The summed E-state index contributed by atoms with van der Waals surface area (Å²) < 4.78 is 12.7. The maximum Gasteiger partial charge on any atom is 0.308 e. The summed E-state index contributed by atoms with van der Waals surface area (Å²) in [7, 11) is 0. The van der Waals surface area contributed by atoms with Gasteiger partial charge in [0, 0.05) is 4.88 Å². The van der Waals surface area contributed by atoms with E-state index in [9.17, 15) is 9.18 Å². The van der Waals surface area contributed by atoms with Gasteiger partial charge in [0.2, 0.25) is 0 Å². The highest BCUT2D eigenvalue weighted by molar-refractivity contribution is 7.15. The van der Waals surface area contributed by atoms with E-state index in [-0.39, 0.29) is 6.42 Å². The van der Waals surface area contributed by atoms with Crippen LogP contribution in [-0.2, 0) is 11.2 Å². The third-order valence-electron chi connectivity index (χ3n) is 2.15. The van der Waals surface area contributed by atoms with Crippen LogP contribution in [0.2, 0.25) is 0 Å². The number of pyridine rings is 1. The number of aliphatic carboxylic acids is 1. The largest absolute Gasteiger partial charge is 0.481 e. The van der Waals surface area contributed by atoms with Gasteiger partial charge in [-0.15, -0.1) is 11.3 Å². The highest BCUT2D eigenvalue weighted by Crippen LogP contribution is 2.26. The molecule has 0 fully saturated rings. The summed E-state index contributed by atoms with van der Waals surface area (Å²) in [6.45, 7) is 1.75. The molecule has 2 heterocycles. The average Bonchev–Trinajstić information content (AvgIpc) is 2.60. The molecule has 0 aliphatic rings. The molecule has 0 saturated heterocycles. The van der Waals surface area contributed by atoms with Crippen molar-refractivity contribution in [1.29, 1.82) is 0 Å². The van der Waals surface area contributed by atoms with E-state index in [4.69, 9.17) is 5.11 Å². The second-order valence-corrected chi connectivity index (χ2v) is 4.54. The zero-order valence-electron chi connectivity index (χ0n) is 8.98. The van der Waals surface area contributed by atoms with E-state index in [1.165, 1.54) is 23.5 Å². The first-order chi connectivity index (χ1) is 8.06. The summed E-state index contributed by atoms with van der Waals surface area (Å²) in [5.74, 6) is -1.30. The molecule has 6 heteroatoms. The Morgan fingerprint density at radius 3 is 2.88 bits per heavy atom. The molecule has 0 unspecified atom stereocenters. The molecule has 0 atom stereocenters. The topological polar surface area (TPSA) is 63.1 Å². The van der Waals surface area contributed by atoms with E-state index in [0.29, 0.717) is 21.3 Å². The Labute approximate surface area is 101 Å². The van der Waals surface area contributed by atoms with Crippen molar-refractivity contribution in [1.82, 2.24) is 9.97 Å². The Morgan fingerprint density at radius 2 is 2.29 bits per heavy atom. The van der Waals surface area contributed by atoms with Crippen molar-refractivity contribution in [3.8, 4) is 10.7 Å². The molecule has 4 nitrogen and oxygen atoms in total. The Morgan fingerprint density at radius 1 is 1.53 bits per heavy atom. The van der Waals surface area contributed by atoms with Gasteiger partial charge in [-0.25, -0.2) is 9.37 Å². The highest BCUT2D eigenvalue weighted by atomic mass is 32.1. The minimum absolute atomic E-state index is 0.0509. The van der Waals surface area contributed by atoms with Crippen molar-refractivity contribution in [2.75, 3.05) is 0 Å². The van der Waals surface area contributed by atoms with E-state index in [0.717, 1.165) is 6.20 Å². The van der Waals surface area contributed by atoms with Gasteiger partial charge in [0.15, 0.2) is 0 Å². The molecule has 17 heavy (non-hydrogen) atoms. The molecule has 88 valence electrons. The van der Waals surface area contributed by atoms with Crippen molar-refractivity contribution >= 4 is 17.3 Å². The molecule has 0 aliphatic heterocycles. The molecule has 0 radical (unpaired) electrons. The fourth-order valence-corrected chi connectivity index (χ4v) is 2.37. The van der Waals surface area contributed by atoms with Crippen LogP contribution in [0.15, 0.2) is 18.3 Å². The molecule has 2 aromatic rings. The Bertz CT molecular complexity index is 551. The van der Waals surface area contributed by atoms with Gasteiger partial charge in [-0.2, -0.15) is 0 Å². The van der Waals surface area contributed by atoms with Gasteiger partial charge in [-0.3, -0.25) is 9.78 Å². The summed E-state index contributed by atoms with van der Waals surface area (Å²) >= 11 is 1.27. The average molecular weight is 252 g/mol. The monoisotopic (exact) mass is 252 g/mol. The normalized spacial score (nSPS) is 10.5. The molecular formula is C11H9FN2O2S. The lowest BCUT2D eigenvalue weighted by Crippen LogP contribution is -1.99. The smallest absolute Gasteiger partial charge is 0.308 e. The van der Waals surface area contributed by atoms with E-state index in [1.54, 1.807) is 6.92 Å². The lowest BCUT2D eigenvalue weighted by Gasteiger charge is -1.93. The van der Waals surface area contributed by atoms with E-state index in [1.807, 2.05) is 0 Å². The van der Waals surface area contributed by atoms with Crippen LogP contribution in [0.25, 0.3) is 10.7 Å². The van der Waals surface area contributed by atoms with Crippen LogP contribution in [0.3, 0.4) is 0 Å². The molecular weight excluding hydrogens is 243 g/mol. The van der Waals surface area contributed by atoms with Gasteiger partial charge in [0.25, 0.3) is 0 Å². The fourth-order valence-electron chi connectivity index (χ4n) is 1.34.